The first-order valence-electron chi connectivity index (χ1n) is 8.55. The quantitative estimate of drug-likeness (QED) is 0.837. The molecule has 0 bridgehead atoms. The van der Waals surface area contributed by atoms with Crippen molar-refractivity contribution in [3.63, 3.8) is 0 Å². The maximum Gasteiger partial charge on any atom is 0.255 e. The highest BCUT2D eigenvalue weighted by Gasteiger charge is 2.18. The maximum absolute atomic E-state index is 12.3. The van der Waals surface area contributed by atoms with Gasteiger partial charge in [0, 0.05) is 24.3 Å². The van der Waals surface area contributed by atoms with Gasteiger partial charge in [-0.05, 0) is 56.0 Å². The van der Waals surface area contributed by atoms with E-state index in [9.17, 15) is 4.79 Å². The third-order valence-electron chi connectivity index (χ3n) is 4.72. The molecule has 0 aromatic heterocycles. The van der Waals surface area contributed by atoms with Crippen LogP contribution in [-0.2, 0) is 0 Å². The molecule has 0 saturated carbocycles. The van der Waals surface area contributed by atoms with Gasteiger partial charge in [0.1, 0.15) is 0 Å². The first-order chi connectivity index (χ1) is 11.5. The van der Waals surface area contributed by atoms with Gasteiger partial charge in [0.15, 0.2) is 0 Å². The zero-order valence-electron chi connectivity index (χ0n) is 14.4. The van der Waals surface area contributed by atoms with Crippen molar-refractivity contribution in [1.29, 1.82) is 0 Å². The Hall–Kier alpha value is -2.49. The van der Waals surface area contributed by atoms with Crippen LogP contribution in [0, 0.1) is 12.8 Å². The number of hydrogen-bond acceptors (Lipinski definition) is 3. The SMILES string of the molecule is Cc1ccc(C(=O)Nc2ccc(N3CCC(C)CC3)c(N)c2)cc1. The van der Waals surface area contributed by atoms with Gasteiger partial charge in [-0.15, -0.1) is 0 Å². The van der Waals surface area contributed by atoms with E-state index in [0.717, 1.165) is 35.9 Å². The summed E-state index contributed by atoms with van der Waals surface area (Å²) in [6, 6.07) is 13.3. The number of nitrogens with zero attached hydrogens (tertiary/aromatic N) is 1. The zero-order chi connectivity index (χ0) is 17.1. The minimum Gasteiger partial charge on any atom is -0.397 e. The van der Waals surface area contributed by atoms with E-state index >= 15 is 0 Å². The van der Waals surface area contributed by atoms with Gasteiger partial charge in [0.05, 0.1) is 11.4 Å². The molecule has 126 valence electrons. The summed E-state index contributed by atoms with van der Waals surface area (Å²) in [6.07, 6.45) is 2.40. The van der Waals surface area contributed by atoms with E-state index in [1.807, 2.05) is 49.4 Å². The van der Waals surface area contributed by atoms with Crippen molar-refractivity contribution in [3.8, 4) is 0 Å². The molecule has 1 aliphatic rings. The molecule has 0 aliphatic carbocycles. The molecule has 3 N–H and O–H groups in total. The van der Waals surface area contributed by atoms with Gasteiger partial charge in [0.25, 0.3) is 5.91 Å². The van der Waals surface area contributed by atoms with E-state index < -0.39 is 0 Å². The molecule has 24 heavy (non-hydrogen) atoms. The van der Waals surface area contributed by atoms with Gasteiger partial charge >= 0.3 is 0 Å². The fraction of sp³-hybridized carbons (Fsp3) is 0.350. The molecular formula is C20H25N3O. The highest BCUT2D eigenvalue weighted by Crippen LogP contribution is 2.30. The molecule has 1 amide bonds. The van der Waals surface area contributed by atoms with Crippen LogP contribution in [0.2, 0.25) is 0 Å². The summed E-state index contributed by atoms with van der Waals surface area (Å²) in [5.74, 6) is 0.671. The highest BCUT2D eigenvalue weighted by molar-refractivity contribution is 6.04. The number of benzene rings is 2. The van der Waals surface area contributed by atoms with Crippen molar-refractivity contribution in [2.75, 3.05) is 29.0 Å². The van der Waals surface area contributed by atoms with Crippen LogP contribution in [-0.4, -0.2) is 19.0 Å². The molecule has 1 heterocycles. The topological polar surface area (TPSA) is 58.4 Å². The molecule has 1 fully saturated rings. The Balaban J connectivity index is 1.70. The standard InChI is InChI=1S/C20H25N3O/c1-14-3-5-16(6-4-14)20(24)22-17-7-8-19(18(21)13-17)23-11-9-15(2)10-12-23/h3-8,13,15H,9-12,21H2,1-2H3,(H,22,24). The smallest absolute Gasteiger partial charge is 0.255 e. The summed E-state index contributed by atoms with van der Waals surface area (Å²) >= 11 is 0. The monoisotopic (exact) mass is 323 g/mol. The molecule has 0 radical (unpaired) electrons. The Labute approximate surface area is 143 Å². The largest absolute Gasteiger partial charge is 0.397 e. The summed E-state index contributed by atoms with van der Waals surface area (Å²) < 4.78 is 0. The summed E-state index contributed by atoms with van der Waals surface area (Å²) in [7, 11) is 0. The Morgan fingerprint density at radius 3 is 2.42 bits per heavy atom. The second kappa shape index (κ2) is 6.95. The number of hydrogen-bond donors (Lipinski definition) is 2. The minimum absolute atomic E-state index is 0.117. The molecular weight excluding hydrogens is 298 g/mol. The van der Waals surface area contributed by atoms with Crippen LogP contribution in [0.5, 0.6) is 0 Å². The van der Waals surface area contributed by atoms with Gasteiger partial charge in [-0.2, -0.15) is 0 Å². The van der Waals surface area contributed by atoms with Crippen LogP contribution in [0.1, 0.15) is 35.7 Å². The minimum atomic E-state index is -0.117. The Morgan fingerprint density at radius 2 is 1.79 bits per heavy atom. The molecule has 4 heteroatoms. The number of piperidine rings is 1. The van der Waals surface area contributed by atoms with Gasteiger partial charge in [-0.1, -0.05) is 24.6 Å². The molecule has 4 nitrogen and oxygen atoms in total. The number of nitrogen functional groups attached to an aromatic ring is 1. The van der Waals surface area contributed by atoms with Gasteiger partial charge in [-0.25, -0.2) is 0 Å². The van der Waals surface area contributed by atoms with Crippen LogP contribution >= 0.6 is 0 Å². The summed E-state index contributed by atoms with van der Waals surface area (Å²) in [6.45, 7) is 6.38. The van der Waals surface area contributed by atoms with E-state index in [0.29, 0.717) is 11.3 Å². The summed E-state index contributed by atoms with van der Waals surface area (Å²) in [4.78, 5) is 14.6. The number of nitrogens with two attached hydrogens (primary N) is 1. The number of carbonyl (C=O) groups is 1. The first kappa shape index (κ1) is 16.4. The highest BCUT2D eigenvalue weighted by atomic mass is 16.1. The van der Waals surface area contributed by atoms with Crippen molar-refractivity contribution in [3.05, 3.63) is 53.6 Å². The second-order valence-electron chi connectivity index (χ2n) is 6.76. The van der Waals surface area contributed by atoms with Gasteiger partial charge in [0.2, 0.25) is 0 Å². The molecule has 2 aromatic carbocycles. The summed E-state index contributed by atoms with van der Waals surface area (Å²) in [5.41, 5.74) is 10.5. The van der Waals surface area contributed by atoms with E-state index in [4.69, 9.17) is 5.73 Å². The molecule has 0 spiro atoms. The van der Waals surface area contributed by atoms with Crippen molar-refractivity contribution in [1.82, 2.24) is 0 Å². The molecule has 0 atom stereocenters. The van der Waals surface area contributed by atoms with E-state index in [-0.39, 0.29) is 5.91 Å². The number of rotatable bonds is 3. The van der Waals surface area contributed by atoms with Crippen LogP contribution in [0.15, 0.2) is 42.5 Å². The fourth-order valence-electron chi connectivity index (χ4n) is 3.08. The summed E-state index contributed by atoms with van der Waals surface area (Å²) in [5, 5.41) is 2.92. The van der Waals surface area contributed by atoms with E-state index in [1.165, 1.54) is 12.8 Å². The van der Waals surface area contributed by atoms with Crippen molar-refractivity contribution < 1.29 is 4.79 Å². The lowest BCUT2D eigenvalue weighted by Gasteiger charge is -2.33. The Bertz CT molecular complexity index is 716. The number of aryl methyl sites for hydroxylation is 1. The lowest BCUT2D eigenvalue weighted by Crippen LogP contribution is -2.33. The van der Waals surface area contributed by atoms with E-state index in [2.05, 4.69) is 17.1 Å². The number of carbonyl (C=O) groups excluding carboxylic acids is 1. The third-order valence-corrected chi connectivity index (χ3v) is 4.72. The number of amides is 1. The third kappa shape index (κ3) is 3.70. The van der Waals surface area contributed by atoms with Crippen LogP contribution < -0.4 is 16.0 Å². The first-order valence-corrected chi connectivity index (χ1v) is 8.55. The predicted octanol–water partition coefficient (Wildman–Crippen LogP) is 4.07. The molecule has 1 aliphatic heterocycles. The average molecular weight is 323 g/mol. The van der Waals surface area contributed by atoms with Gasteiger partial charge < -0.3 is 16.0 Å². The Kier molecular flexibility index (Phi) is 4.74. The van der Waals surface area contributed by atoms with Crippen molar-refractivity contribution in [2.45, 2.75) is 26.7 Å². The Morgan fingerprint density at radius 1 is 1.12 bits per heavy atom. The van der Waals surface area contributed by atoms with Crippen molar-refractivity contribution >= 4 is 23.0 Å². The number of nitrogens with one attached hydrogen (secondary N) is 1. The van der Waals surface area contributed by atoms with Crippen LogP contribution in [0.3, 0.4) is 0 Å². The zero-order valence-corrected chi connectivity index (χ0v) is 14.4. The molecule has 3 rings (SSSR count). The van der Waals surface area contributed by atoms with Crippen LogP contribution in [0.4, 0.5) is 17.1 Å². The van der Waals surface area contributed by atoms with Crippen molar-refractivity contribution in [2.24, 2.45) is 5.92 Å². The predicted molar refractivity (Wildman–Crippen MR) is 101 cm³/mol. The van der Waals surface area contributed by atoms with Gasteiger partial charge in [-0.3, -0.25) is 4.79 Å². The molecule has 0 unspecified atom stereocenters. The fourth-order valence-corrected chi connectivity index (χ4v) is 3.08. The molecule has 1 saturated heterocycles. The lowest BCUT2D eigenvalue weighted by molar-refractivity contribution is 0.102. The lowest BCUT2D eigenvalue weighted by atomic mass is 9.98. The second-order valence-corrected chi connectivity index (χ2v) is 6.76. The van der Waals surface area contributed by atoms with E-state index in [1.54, 1.807) is 0 Å². The average Bonchev–Trinajstić information content (AvgIpc) is 2.57. The number of anilines is 3. The van der Waals surface area contributed by atoms with Crippen LogP contribution in [0.25, 0.3) is 0 Å². The normalized spacial score (nSPS) is 15.3. The molecule has 2 aromatic rings. The maximum atomic E-state index is 12.3.